The predicted octanol–water partition coefficient (Wildman–Crippen LogP) is 2.74. The van der Waals surface area contributed by atoms with E-state index in [0.29, 0.717) is 0 Å². The molecule has 0 aromatic heterocycles. The fraction of sp³-hybridized carbons (Fsp3) is 0.562. The number of hydrogen-bond acceptors (Lipinski definition) is 2. The van der Waals surface area contributed by atoms with Crippen LogP contribution in [0.3, 0.4) is 0 Å². The van der Waals surface area contributed by atoms with Gasteiger partial charge in [0, 0.05) is 20.1 Å². The van der Waals surface area contributed by atoms with Crippen LogP contribution in [0.15, 0.2) is 12.1 Å². The van der Waals surface area contributed by atoms with Gasteiger partial charge in [-0.3, -0.25) is 10.1 Å². The van der Waals surface area contributed by atoms with Gasteiger partial charge in [-0.15, -0.1) is 0 Å². The normalized spacial score (nSPS) is 14.1. The van der Waals surface area contributed by atoms with Crippen molar-refractivity contribution in [2.24, 2.45) is 0 Å². The standard InChI is InChI=1S/C16H26N2O/c1-10-8-11(2)15(12(3)9-10)13(4)17-14(5)16(19)18(6)7/h8-9,13-14,17H,1-7H3. The molecule has 19 heavy (non-hydrogen) atoms. The smallest absolute Gasteiger partial charge is 0.238 e. The van der Waals surface area contributed by atoms with Crippen LogP contribution < -0.4 is 5.32 Å². The Morgan fingerprint density at radius 3 is 2.00 bits per heavy atom. The van der Waals surface area contributed by atoms with Crippen molar-refractivity contribution in [1.29, 1.82) is 0 Å². The van der Waals surface area contributed by atoms with Crippen molar-refractivity contribution in [1.82, 2.24) is 10.2 Å². The summed E-state index contributed by atoms with van der Waals surface area (Å²) in [5, 5.41) is 3.39. The highest BCUT2D eigenvalue weighted by atomic mass is 16.2. The Morgan fingerprint density at radius 2 is 1.58 bits per heavy atom. The molecule has 0 aliphatic carbocycles. The second-order valence-electron chi connectivity index (χ2n) is 5.66. The zero-order valence-corrected chi connectivity index (χ0v) is 13.2. The van der Waals surface area contributed by atoms with E-state index in [-0.39, 0.29) is 18.0 Å². The van der Waals surface area contributed by atoms with Gasteiger partial charge in [-0.1, -0.05) is 17.7 Å². The van der Waals surface area contributed by atoms with Gasteiger partial charge in [0.25, 0.3) is 0 Å². The van der Waals surface area contributed by atoms with Crippen molar-refractivity contribution in [3.63, 3.8) is 0 Å². The molecule has 106 valence electrons. The molecule has 0 spiro atoms. The van der Waals surface area contributed by atoms with Crippen LogP contribution in [0.1, 0.15) is 42.1 Å². The number of carbonyl (C=O) groups excluding carboxylic acids is 1. The lowest BCUT2D eigenvalue weighted by Crippen LogP contribution is -2.42. The van der Waals surface area contributed by atoms with Crippen molar-refractivity contribution < 1.29 is 4.79 Å². The first-order valence-corrected chi connectivity index (χ1v) is 6.79. The molecule has 2 atom stereocenters. The molecule has 0 radical (unpaired) electrons. The van der Waals surface area contributed by atoms with Gasteiger partial charge in [-0.25, -0.2) is 0 Å². The number of amides is 1. The van der Waals surface area contributed by atoms with Crippen LogP contribution in [0.25, 0.3) is 0 Å². The van der Waals surface area contributed by atoms with E-state index in [9.17, 15) is 4.79 Å². The minimum Gasteiger partial charge on any atom is -0.347 e. The second-order valence-corrected chi connectivity index (χ2v) is 5.66. The lowest BCUT2D eigenvalue weighted by Gasteiger charge is -2.25. The summed E-state index contributed by atoms with van der Waals surface area (Å²) < 4.78 is 0. The molecule has 1 N–H and O–H groups in total. The van der Waals surface area contributed by atoms with Crippen LogP contribution in [0.4, 0.5) is 0 Å². The van der Waals surface area contributed by atoms with Crippen molar-refractivity contribution in [2.45, 2.75) is 46.7 Å². The van der Waals surface area contributed by atoms with Crippen LogP contribution in [-0.2, 0) is 4.79 Å². The highest BCUT2D eigenvalue weighted by molar-refractivity contribution is 5.81. The fourth-order valence-electron chi connectivity index (χ4n) is 2.79. The maximum atomic E-state index is 11.9. The third kappa shape index (κ3) is 3.80. The summed E-state index contributed by atoms with van der Waals surface area (Å²) in [5.41, 5.74) is 5.14. The largest absolute Gasteiger partial charge is 0.347 e. The van der Waals surface area contributed by atoms with E-state index in [4.69, 9.17) is 0 Å². The van der Waals surface area contributed by atoms with Gasteiger partial charge >= 0.3 is 0 Å². The lowest BCUT2D eigenvalue weighted by atomic mass is 9.94. The average Bonchev–Trinajstić information content (AvgIpc) is 2.25. The Labute approximate surface area is 117 Å². The number of carbonyl (C=O) groups is 1. The van der Waals surface area contributed by atoms with Gasteiger partial charge < -0.3 is 4.90 Å². The minimum atomic E-state index is -0.176. The minimum absolute atomic E-state index is 0.106. The molecule has 2 unspecified atom stereocenters. The van der Waals surface area contributed by atoms with Gasteiger partial charge in [0.1, 0.15) is 0 Å². The molecular formula is C16H26N2O. The van der Waals surface area contributed by atoms with Crippen LogP contribution >= 0.6 is 0 Å². The van der Waals surface area contributed by atoms with Gasteiger partial charge in [0.15, 0.2) is 0 Å². The first kappa shape index (κ1) is 15.7. The van der Waals surface area contributed by atoms with E-state index in [1.165, 1.54) is 22.3 Å². The molecule has 0 saturated heterocycles. The Balaban J connectivity index is 2.90. The van der Waals surface area contributed by atoms with Crippen molar-refractivity contribution in [2.75, 3.05) is 14.1 Å². The Morgan fingerprint density at radius 1 is 1.11 bits per heavy atom. The van der Waals surface area contributed by atoms with Crippen molar-refractivity contribution in [3.8, 4) is 0 Å². The van der Waals surface area contributed by atoms with E-state index < -0.39 is 0 Å². The molecule has 1 aromatic rings. The maximum absolute atomic E-state index is 11.9. The van der Waals surface area contributed by atoms with E-state index in [0.717, 1.165) is 0 Å². The molecule has 0 bridgehead atoms. The molecule has 0 heterocycles. The summed E-state index contributed by atoms with van der Waals surface area (Å²) >= 11 is 0. The molecule has 0 aliphatic heterocycles. The van der Waals surface area contributed by atoms with Crippen LogP contribution in [0.2, 0.25) is 0 Å². The number of aryl methyl sites for hydroxylation is 3. The van der Waals surface area contributed by atoms with Gasteiger partial charge in [-0.2, -0.15) is 0 Å². The predicted molar refractivity (Wildman–Crippen MR) is 80.4 cm³/mol. The van der Waals surface area contributed by atoms with Crippen LogP contribution in [0, 0.1) is 20.8 Å². The topological polar surface area (TPSA) is 32.3 Å². The van der Waals surface area contributed by atoms with E-state index >= 15 is 0 Å². The van der Waals surface area contributed by atoms with Crippen molar-refractivity contribution in [3.05, 3.63) is 34.4 Å². The Bertz CT molecular complexity index is 443. The molecule has 0 fully saturated rings. The zero-order chi connectivity index (χ0) is 14.7. The number of nitrogens with one attached hydrogen (secondary N) is 1. The molecule has 1 rings (SSSR count). The number of hydrogen-bond donors (Lipinski definition) is 1. The number of benzene rings is 1. The van der Waals surface area contributed by atoms with Gasteiger partial charge in [-0.05, 0) is 51.3 Å². The Kier molecular flexibility index (Phi) is 5.12. The number of rotatable bonds is 4. The summed E-state index contributed by atoms with van der Waals surface area (Å²) in [7, 11) is 3.57. The summed E-state index contributed by atoms with van der Waals surface area (Å²) in [6.07, 6.45) is 0. The molecule has 3 nitrogen and oxygen atoms in total. The lowest BCUT2D eigenvalue weighted by molar-refractivity contribution is -0.130. The molecule has 0 aliphatic rings. The van der Waals surface area contributed by atoms with Crippen molar-refractivity contribution >= 4 is 5.91 Å². The third-order valence-corrected chi connectivity index (χ3v) is 3.48. The monoisotopic (exact) mass is 262 g/mol. The quantitative estimate of drug-likeness (QED) is 0.905. The van der Waals surface area contributed by atoms with E-state index in [1.807, 2.05) is 6.92 Å². The summed E-state index contributed by atoms with van der Waals surface area (Å²) in [6, 6.07) is 4.38. The van der Waals surface area contributed by atoms with Gasteiger partial charge in [0.2, 0.25) is 5.91 Å². The second kappa shape index (κ2) is 6.20. The van der Waals surface area contributed by atoms with E-state index in [2.05, 4.69) is 45.1 Å². The molecule has 1 aromatic carbocycles. The zero-order valence-electron chi connectivity index (χ0n) is 13.2. The summed E-state index contributed by atoms with van der Waals surface area (Å²) in [5.74, 6) is 0.106. The number of nitrogens with zero attached hydrogens (tertiary/aromatic N) is 1. The number of likely N-dealkylation sites (N-methyl/N-ethyl adjacent to an activating group) is 1. The fourth-order valence-corrected chi connectivity index (χ4v) is 2.79. The highest BCUT2D eigenvalue weighted by Gasteiger charge is 2.19. The SMILES string of the molecule is Cc1cc(C)c(C(C)NC(C)C(=O)N(C)C)c(C)c1. The van der Waals surface area contributed by atoms with E-state index in [1.54, 1.807) is 19.0 Å². The van der Waals surface area contributed by atoms with Crippen LogP contribution in [-0.4, -0.2) is 30.9 Å². The molecular weight excluding hydrogens is 236 g/mol. The first-order chi connectivity index (χ1) is 8.73. The average molecular weight is 262 g/mol. The third-order valence-electron chi connectivity index (χ3n) is 3.48. The van der Waals surface area contributed by atoms with Gasteiger partial charge in [0.05, 0.1) is 6.04 Å². The molecule has 0 saturated carbocycles. The molecule has 3 heteroatoms. The summed E-state index contributed by atoms with van der Waals surface area (Å²) in [6.45, 7) is 10.4. The maximum Gasteiger partial charge on any atom is 0.238 e. The highest BCUT2D eigenvalue weighted by Crippen LogP contribution is 2.23. The first-order valence-electron chi connectivity index (χ1n) is 6.79. The van der Waals surface area contributed by atoms with Crippen LogP contribution in [0.5, 0.6) is 0 Å². The summed E-state index contributed by atoms with van der Waals surface area (Å²) in [4.78, 5) is 13.5. The molecule has 1 amide bonds. The Hall–Kier alpha value is -1.35.